The molecule has 0 saturated carbocycles. The highest BCUT2D eigenvalue weighted by molar-refractivity contribution is 6.25. The summed E-state index contributed by atoms with van der Waals surface area (Å²) in [4.78, 5) is 23.8. The van der Waals surface area contributed by atoms with Crippen molar-refractivity contribution in [3.8, 4) is 0 Å². The predicted molar refractivity (Wildman–Crippen MR) is 199 cm³/mol. The Morgan fingerprint density at radius 1 is 0.326 bits per heavy atom. The minimum atomic E-state index is -1.00. The molecule has 0 heterocycles. The van der Waals surface area contributed by atoms with Crippen LogP contribution in [0.5, 0.6) is 0 Å². The molecule has 5 nitrogen and oxygen atoms in total. The van der Waals surface area contributed by atoms with Gasteiger partial charge in [-0.1, -0.05) is 219 Å². The first kappa shape index (κ1) is 47.5. The Balaban J connectivity index is 0. The molecule has 0 unspecified atom stereocenters. The second-order valence-electron chi connectivity index (χ2n) is 13.9. The van der Waals surface area contributed by atoms with E-state index >= 15 is 0 Å². The largest absolute Gasteiger partial charge is 0.885 e. The summed E-state index contributed by atoms with van der Waals surface area (Å²) in [5.41, 5.74) is 0. The monoisotopic (exact) mass is 668 g/mol. The third-order valence-corrected chi connectivity index (χ3v) is 10.0. The Bertz CT molecular complexity index is 550. The first-order valence-electron chi connectivity index (χ1n) is 20.4. The van der Waals surface area contributed by atoms with Gasteiger partial charge in [0.1, 0.15) is 0 Å². The van der Waals surface area contributed by atoms with Crippen LogP contribution in [0.4, 0.5) is 0 Å². The van der Waals surface area contributed by atoms with Crippen molar-refractivity contribution in [3.63, 3.8) is 0 Å². The van der Waals surface area contributed by atoms with Crippen molar-refractivity contribution in [1.29, 1.82) is 0 Å². The molecule has 2 N–H and O–H groups in total. The average Bonchev–Trinajstić information content (AvgIpc) is 3.04. The molecule has 6 heteroatoms. The van der Waals surface area contributed by atoms with Gasteiger partial charge in [-0.25, -0.2) is 0 Å². The topological polar surface area (TPSA) is 84.1 Å². The highest BCUT2D eigenvalue weighted by Crippen LogP contribution is 2.16. The van der Waals surface area contributed by atoms with Crippen LogP contribution in [0.3, 0.4) is 0 Å². The van der Waals surface area contributed by atoms with E-state index in [9.17, 15) is 9.59 Å². The van der Waals surface area contributed by atoms with Crippen LogP contribution in [0.2, 0.25) is 0 Å². The van der Waals surface area contributed by atoms with E-state index in [1.54, 1.807) is 0 Å². The van der Waals surface area contributed by atoms with Crippen molar-refractivity contribution >= 4 is 27.8 Å². The number of carbonyl (C=O) groups excluding carboxylic acids is 2. The molecule has 0 amide bonds. The fraction of sp³-hybridized carbons (Fsp3) is 0.950. The smallest absolute Gasteiger partial charge is 0.589 e. The molecule has 0 aliphatic rings. The van der Waals surface area contributed by atoms with Gasteiger partial charge in [-0.05, 0) is 12.8 Å². The summed E-state index contributed by atoms with van der Waals surface area (Å²) in [7, 11) is 0. The Morgan fingerprint density at radius 2 is 0.500 bits per heavy atom. The fourth-order valence-electron chi connectivity index (χ4n) is 6.24. The summed E-state index contributed by atoms with van der Waals surface area (Å²) in [6.07, 6.45) is 46.2. The molecule has 0 aromatic rings. The Labute approximate surface area is 294 Å². The van der Waals surface area contributed by atoms with E-state index in [2.05, 4.69) is 13.8 Å². The first-order valence-corrected chi connectivity index (χ1v) is 21.4. The molecule has 273 valence electrons. The van der Waals surface area contributed by atoms with Gasteiger partial charge >= 0.3 is 15.9 Å². The van der Waals surface area contributed by atoms with Crippen molar-refractivity contribution in [2.24, 2.45) is 0 Å². The lowest BCUT2D eigenvalue weighted by Gasteiger charge is -2.07. The van der Waals surface area contributed by atoms with E-state index < -0.39 is 15.9 Å². The molecule has 0 spiro atoms. The standard InChI is InChI=1S/2C20H40O2.Al.H2O/c2*1-2-3-4-5-6-7-8-9-10-11-12-13-14-15-16-17-18-19-20(21)22;;/h2*2-19H2,1H3,(H,21,22);;1H2/q;;+2;/p-2. The summed E-state index contributed by atoms with van der Waals surface area (Å²) >= 11 is -1.00. The quantitative estimate of drug-likeness (QED) is 0.0484. The van der Waals surface area contributed by atoms with Gasteiger partial charge in [0.15, 0.2) is 0 Å². The van der Waals surface area contributed by atoms with Gasteiger partial charge < -0.3 is 13.1 Å². The maximum absolute atomic E-state index is 11.9. The molecule has 46 heavy (non-hydrogen) atoms. The number of carbonyl (C=O) groups is 2. The lowest BCUT2D eigenvalue weighted by molar-refractivity contribution is -0.139. The van der Waals surface area contributed by atoms with Crippen LogP contribution in [-0.2, 0) is 17.2 Å². The summed E-state index contributed by atoms with van der Waals surface area (Å²) in [6.45, 7) is 4.57. The molecule has 0 atom stereocenters. The highest BCUT2D eigenvalue weighted by atomic mass is 27.2. The summed E-state index contributed by atoms with van der Waals surface area (Å²) in [6, 6.07) is 0. The first-order chi connectivity index (χ1) is 22.2. The van der Waals surface area contributed by atoms with Crippen LogP contribution < -0.4 is 0 Å². The number of hydrogen-bond donors (Lipinski definition) is 0. The molecule has 0 bridgehead atoms. The van der Waals surface area contributed by atoms with Gasteiger partial charge in [-0.3, -0.25) is 9.59 Å². The third-order valence-electron chi connectivity index (χ3n) is 9.33. The van der Waals surface area contributed by atoms with Gasteiger partial charge in [0, 0.05) is 12.8 Å². The molecule has 0 saturated heterocycles. The zero-order valence-electron chi connectivity index (χ0n) is 31.2. The van der Waals surface area contributed by atoms with Crippen molar-refractivity contribution in [2.45, 2.75) is 245 Å². The van der Waals surface area contributed by atoms with Gasteiger partial charge in [0.2, 0.25) is 0 Å². The summed E-state index contributed by atoms with van der Waals surface area (Å²) in [5.74, 6) is -0.423. The molecule has 0 aliphatic carbocycles. The lowest BCUT2D eigenvalue weighted by Crippen LogP contribution is -2.15. The van der Waals surface area contributed by atoms with Crippen LogP contribution in [0.25, 0.3) is 0 Å². The van der Waals surface area contributed by atoms with E-state index in [0.717, 1.165) is 25.7 Å². The average molecular weight is 668 g/mol. The van der Waals surface area contributed by atoms with Gasteiger partial charge in [0.05, 0.1) is 0 Å². The van der Waals surface area contributed by atoms with E-state index in [0.29, 0.717) is 12.8 Å². The van der Waals surface area contributed by atoms with Crippen LogP contribution in [-0.4, -0.2) is 33.3 Å². The molecular weight excluding hydrogens is 587 g/mol. The molecular formula is C40H80AlO5. The number of hydrogen-bond acceptors (Lipinski definition) is 4. The van der Waals surface area contributed by atoms with Crippen LogP contribution in [0.15, 0.2) is 0 Å². The van der Waals surface area contributed by atoms with Crippen LogP contribution >= 0.6 is 0 Å². The maximum Gasteiger partial charge on any atom is 0.885 e. The lowest BCUT2D eigenvalue weighted by atomic mass is 10.0. The predicted octanol–water partition coefficient (Wildman–Crippen LogP) is 12.9. The van der Waals surface area contributed by atoms with Gasteiger partial charge in [-0.15, -0.1) is 0 Å². The summed E-state index contributed by atoms with van der Waals surface area (Å²) < 4.78 is 10.4. The number of rotatable bonds is 38. The minimum Gasteiger partial charge on any atom is -0.589 e. The second-order valence-corrected chi connectivity index (χ2v) is 14.6. The zero-order valence-corrected chi connectivity index (χ0v) is 32.3. The summed E-state index contributed by atoms with van der Waals surface area (Å²) in [5, 5.41) is 0. The fourth-order valence-corrected chi connectivity index (χ4v) is 6.74. The molecule has 0 aromatic carbocycles. The molecule has 0 aliphatic heterocycles. The van der Waals surface area contributed by atoms with Gasteiger partial charge in [0.25, 0.3) is 11.9 Å². The third kappa shape index (κ3) is 41.5. The van der Waals surface area contributed by atoms with Crippen molar-refractivity contribution in [3.05, 3.63) is 0 Å². The van der Waals surface area contributed by atoms with Gasteiger partial charge in [-0.2, -0.15) is 0 Å². The Hall–Kier alpha value is -0.568. The second kappa shape index (κ2) is 42.5. The van der Waals surface area contributed by atoms with E-state index in [4.69, 9.17) is 7.58 Å². The van der Waals surface area contributed by atoms with E-state index in [1.165, 1.54) is 193 Å². The zero-order chi connectivity index (χ0) is 32.7. The molecule has 0 rings (SSSR count). The minimum absolute atomic E-state index is 0. The van der Waals surface area contributed by atoms with Crippen molar-refractivity contribution in [2.75, 3.05) is 0 Å². The Kier molecular flexibility index (Phi) is 43.9. The molecule has 0 aromatic heterocycles. The molecule has 0 fully saturated rings. The van der Waals surface area contributed by atoms with Crippen molar-refractivity contribution in [1.82, 2.24) is 0 Å². The van der Waals surface area contributed by atoms with E-state index in [1.807, 2.05) is 0 Å². The molecule has 1 radical (unpaired) electrons. The van der Waals surface area contributed by atoms with Crippen LogP contribution in [0, 0.1) is 0 Å². The normalized spacial score (nSPS) is 10.9. The van der Waals surface area contributed by atoms with Crippen molar-refractivity contribution < 1.29 is 22.6 Å². The maximum atomic E-state index is 11.9. The SMILES string of the molecule is CCCCCCCCCCCCCCCCCCCC(=O)[O][Al][O]C(=O)CCCCCCCCCCCCCCCCCCC.O. The highest BCUT2D eigenvalue weighted by Gasteiger charge is 2.13. The van der Waals surface area contributed by atoms with E-state index in [-0.39, 0.29) is 17.4 Å². The number of unbranched alkanes of at least 4 members (excludes halogenated alkanes) is 32. The van der Waals surface area contributed by atoms with Crippen LogP contribution in [0.1, 0.15) is 245 Å². The Morgan fingerprint density at radius 3 is 0.696 bits per heavy atom.